The fourth-order valence-corrected chi connectivity index (χ4v) is 3.11. The summed E-state index contributed by atoms with van der Waals surface area (Å²) in [5.74, 6) is -0.249. The quantitative estimate of drug-likeness (QED) is 0.610. The molecule has 2 aliphatic rings. The van der Waals surface area contributed by atoms with E-state index in [-0.39, 0.29) is 5.79 Å². The van der Waals surface area contributed by atoms with Gasteiger partial charge < -0.3 is 18.9 Å². The lowest BCUT2D eigenvalue weighted by Crippen LogP contribution is -2.37. The molecule has 0 atom stereocenters. The second kappa shape index (κ2) is 8.98. The van der Waals surface area contributed by atoms with E-state index in [2.05, 4.69) is 0 Å². The smallest absolute Gasteiger partial charge is 0.168 e. The molecule has 0 aromatic carbocycles. The van der Waals surface area contributed by atoms with Crippen LogP contribution in [-0.4, -0.2) is 45.4 Å². The molecule has 0 aromatic rings. The molecule has 0 radical (unpaired) electrons. The first-order valence-corrected chi connectivity index (χ1v) is 8.23. The Morgan fingerprint density at radius 3 is 2.15 bits per heavy atom. The number of ether oxygens (including phenoxy) is 4. The maximum atomic E-state index is 5.98. The number of unbranched alkanes of at least 4 members (excludes halogenated alkanes) is 4. The Labute approximate surface area is 123 Å². The fraction of sp³-hybridized carbons (Fsp3) is 1.00. The Bertz CT molecular complexity index is 241. The van der Waals surface area contributed by atoms with Gasteiger partial charge in [-0.3, -0.25) is 0 Å². The summed E-state index contributed by atoms with van der Waals surface area (Å²) in [5.41, 5.74) is 0. The first-order chi connectivity index (χ1) is 9.85. The van der Waals surface area contributed by atoms with Crippen molar-refractivity contribution in [3.8, 4) is 0 Å². The van der Waals surface area contributed by atoms with E-state index in [0.717, 1.165) is 52.1 Å². The highest BCUT2D eigenvalue weighted by Crippen LogP contribution is 2.36. The molecule has 118 valence electrons. The highest BCUT2D eigenvalue weighted by atomic mass is 16.7. The average molecular weight is 286 g/mol. The third-order valence-electron chi connectivity index (χ3n) is 4.35. The van der Waals surface area contributed by atoms with Gasteiger partial charge in [0.2, 0.25) is 0 Å². The van der Waals surface area contributed by atoms with Crippen molar-refractivity contribution in [3.05, 3.63) is 0 Å². The van der Waals surface area contributed by atoms with E-state index >= 15 is 0 Å². The molecule has 0 N–H and O–H groups in total. The zero-order valence-electron chi connectivity index (χ0n) is 12.9. The normalized spacial score (nSPS) is 22.6. The van der Waals surface area contributed by atoms with Crippen molar-refractivity contribution in [2.24, 2.45) is 0 Å². The Balaban J connectivity index is 1.43. The van der Waals surface area contributed by atoms with E-state index < -0.39 is 0 Å². The third-order valence-corrected chi connectivity index (χ3v) is 4.35. The summed E-state index contributed by atoms with van der Waals surface area (Å²) in [6.45, 7) is 3.32. The largest absolute Gasteiger partial charge is 0.385 e. The molecule has 1 saturated carbocycles. The van der Waals surface area contributed by atoms with Crippen LogP contribution in [0, 0.1) is 0 Å². The maximum Gasteiger partial charge on any atom is 0.168 e. The highest BCUT2D eigenvalue weighted by Gasteiger charge is 2.40. The van der Waals surface area contributed by atoms with Crippen molar-refractivity contribution in [2.45, 2.75) is 69.7 Å². The van der Waals surface area contributed by atoms with Crippen molar-refractivity contribution in [2.75, 3.05) is 33.5 Å². The van der Waals surface area contributed by atoms with Gasteiger partial charge >= 0.3 is 0 Å². The molecule has 0 aromatic heterocycles. The topological polar surface area (TPSA) is 36.9 Å². The summed E-state index contributed by atoms with van der Waals surface area (Å²) < 4.78 is 22.5. The van der Waals surface area contributed by atoms with Crippen LogP contribution in [0.2, 0.25) is 0 Å². The first kappa shape index (κ1) is 16.2. The molecule has 2 fully saturated rings. The minimum absolute atomic E-state index is 0.249. The number of hydrogen-bond acceptors (Lipinski definition) is 4. The van der Waals surface area contributed by atoms with Crippen molar-refractivity contribution in [1.82, 2.24) is 0 Å². The molecule has 1 saturated heterocycles. The zero-order valence-corrected chi connectivity index (χ0v) is 12.9. The highest BCUT2D eigenvalue weighted by molar-refractivity contribution is 4.82. The number of hydrogen-bond donors (Lipinski definition) is 0. The summed E-state index contributed by atoms with van der Waals surface area (Å²) >= 11 is 0. The monoisotopic (exact) mass is 286 g/mol. The third kappa shape index (κ3) is 5.32. The van der Waals surface area contributed by atoms with Gasteiger partial charge in [0.25, 0.3) is 0 Å². The van der Waals surface area contributed by atoms with E-state index in [1.807, 2.05) is 0 Å². The molecule has 1 spiro atoms. The lowest BCUT2D eigenvalue weighted by Gasteiger charge is -2.35. The lowest BCUT2D eigenvalue weighted by molar-refractivity contribution is -0.191. The van der Waals surface area contributed by atoms with E-state index in [9.17, 15) is 0 Å². The Hall–Kier alpha value is -0.160. The van der Waals surface area contributed by atoms with Crippen LogP contribution in [0.3, 0.4) is 0 Å². The fourth-order valence-electron chi connectivity index (χ4n) is 3.11. The zero-order chi connectivity index (χ0) is 14.1. The molecule has 2 rings (SSSR count). The molecule has 4 heteroatoms. The summed E-state index contributed by atoms with van der Waals surface area (Å²) in [6.07, 6.45) is 10.8. The van der Waals surface area contributed by atoms with Crippen molar-refractivity contribution in [1.29, 1.82) is 0 Å². The van der Waals surface area contributed by atoms with Gasteiger partial charge in [-0.05, 0) is 25.7 Å². The second-order valence-corrected chi connectivity index (χ2v) is 5.94. The molecule has 0 bridgehead atoms. The molecule has 20 heavy (non-hydrogen) atoms. The maximum absolute atomic E-state index is 5.98. The van der Waals surface area contributed by atoms with Crippen LogP contribution < -0.4 is 0 Å². The minimum atomic E-state index is -0.249. The van der Waals surface area contributed by atoms with Crippen molar-refractivity contribution >= 4 is 0 Å². The van der Waals surface area contributed by atoms with Gasteiger partial charge in [-0.2, -0.15) is 0 Å². The standard InChI is InChI=1S/C16H30O4/c1-17-11-5-3-2-4-6-12-18-15-7-9-16(10-8-15)19-13-14-20-16/h15H,2-14H2,1H3. The molecular weight excluding hydrogens is 256 g/mol. The van der Waals surface area contributed by atoms with Crippen molar-refractivity contribution in [3.63, 3.8) is 0 Å². The van der Waals surface area contributed by atoms with Gasteiger partial charge in [0, 0.05) is 33.2 Å². The van der Waals surface area contributed by atoms with Gasteiger partial charge in [-0.25, -0.2) is 0 Å². The Morgan fingerprint density at radius 2 is 1.50 bits per heavy atom. The predicted octanol–water partition coefficient (Wildman–Crippen LogP) is 3.29. The van der Waals surface area contributed by atoms with E-state index in [0.29, 0.717) is 6.10 Å². The van der Waals surface area contributed by atoms with E-state index in [4.69, 9.17) is 18.9 Å². The second-order valence-electron chi connectivity index (χ2n) is 5.94. The van der Waals surface area contributed by atoms with E-state index in [1.54, 1.807) is 7.11 Å². The number of methoxy groups -OCH3 is 1. The molecular formula is C16H30O4. The summed E-state index contributed by atoms with van der Waals surface area (Å²) in [7, 11) is 1.77. The van der Waals surface area contributed by atoms with Gasteiger partial charge in [-0.1, -0.05) is 19.3 Å². The van der Waals surface area contributed by atoms with Gasteiger partial charge in [0.1, 0.15) is 0 Å². The SMILES string of the molecule is COCCCCCCCOC1CCC2(CC1)OCCO2. The van der Waals surface area contributed by atoms with Crippen LogP contribution in [0.25, 0.3) is 0 Å². The minimum Gasteiger partial charge on any atom is -0.385 e. The van der Waals surface area contributed by atoms with Gasteiger partial charge in [0.15, 0.2) is 5.79 Å². The summed E-state index contributed by atoms with van der Waals surface area (Å²) in [5, 5.41) is 0. The Morgan fingerprint density at radius 1 is 0.900 bits per heavy atom. The predicted molar refractivity (Wildman–Crippen MR) is 77.8 cm³/mol. The van der Waals surface area contributed by atoms with Crippen LogP contribution in [-0.2, 0) is 18.9 Å². The molecule has 1 aliphatic carbocycles. The first-order valence-electron chi connectivity index (χ1n) is 8.23. The van der Waals surface area contributed by atoms with Crippen LogP contribution in [0.4, 0.5) is 0 Å². The molecule has 4 nitrogen and oxygen atoms in total. The number of rotatable bonds is 9. The average Bonchev–Trinajstić information content (AvgIpc) is 2.92. The van der Waals surface area contributed by atoms with E-state index in [1.165, 1.54) is 32.1 Å². The molecule has 0 amide bonds. The summed E-state index contributed by atoms with van der Waals surface area (Å²) in [6, 6.07) is 0. The van der Waals surface area contributed by atoms with Crippen LogP contribution in [0.1, 0.15) is 57.8 Å². The molecule has 0 unspecified atom stereocenters. The van der Waals surface area contributed by atoms with Gasteiger partial charge in [0.05, 0.1) is 19.3 Å². The van der Waals surface area contributed by atoms with Crippen LogP contribution >= 0.6 is 0 Å². The molecule has 1 heterocycles. The molecule has 1 aliphatic heterocycles. The van der Waals surface area contributed by atoms with Gasteiger partial charge in [-0.15, -0.1) is 0 Å². The van der Waals surface area contributed by atoms with Crippen molar-refractivity contribution < 1.29 is 18.9 Å². The summed E-state index contributed by atoms with van der Waals surface area (Å²) in [4.78, 5) is 0. The Kier molecular flexibility index (Phi) is 7.28. The van der Waals surface area contributed by atoms with Crippen LogP contribution in [0.5, 0.6) is 0 Å². The van der Waals surface area contributed by atoms with Crippen LogP contribution in [0.15, 0.2) is 0 Å². The lowest BCUT2D eigenvalue weighted by atomic mass is 9.92.